The second-order valence-corrected chi connectivity index (χ2v) is 8.33. The maximum atomic E-state index is 13.1. The molecule has 3 heterocycles. The molecule has 1 amide bonds. The predicted octanol–water partition coefficient (Wildman–Crippen LogP) is 2.57. The third kappa shape index (κ3) is 4.43. The van der Waals surface area contributed by atoms with E-state index in [1.807, 2.05) is 12.3 Å². The molecule has 2 aliphatic heterocycles. The van der Waals surface area contributed by atoms with Gasteiger partial charge in [0.25, 0.3) is 5.91 Å². The minimum Gasteiger partial charge on any atom is -0.494 e. The number of nitrogens with zero attached hydrogens (tertiary/aromatic N) is 3. The average Bonchev–Trinajstić information content (AvgIpc) is 3.18. The Hall–Kier alpha value is -1.81. The summed E-state index contributed by atoms with van der Waals surface area (Å²) in [6, 6.07) is 6.17. The zero-order valence-corrected chi connectivity index (χ0v) is 17.4. The van der Waals surface area contributed by atoms with Crippen LogP contribution in [0.1, 0.15) is 0 Å². The zero-order valence-electron chi connectivity index (χ0n) is 15.8. The van der Waals surface area contributed by atoms with Crippen molar-refractivity contribution in [3.63, 3.8) is 0 Å². The van der Waals surface area contributed by atoms with Gasteiger partial charge in [0.1, 0.15) is 19.5 Å². The Kier molecular flexibility index (Phi) is 6.36. The number of amides is 1. The first-order valence-corrected chi connectivity index (χ1v) is 11.3. The number of ether oxygens (including phenoxy) is 3. The SMILES string of the molecule is CSc1ccc2nc(N(CCN3CCOCC3)C(=O)C3=COCCO3)sc2c1. The van der Waals surface area contributed by atoms with E-state index in [0.29, 0.717) is 24.9 Å². The molecule has 0 saturated carbocycles. The first kappa shape index (κ1) is 19.5. The van der Waals surface area contributed by atoms with Crippen molar-refractivity contribution in [1.82, 2.24) is 9.88 Å². The van der Waals surface area contributed by atoms with Crippen LogP contribution in [0.3, 0.4) is 0 Å². The van der Waals surface area contributed by atoms with E-state index in [2.05, 4.69) is 17.0 Å². The molecule has 0 spiro atoms. The first-order chi connectivity index (χ1) is 13.7. The van der Waals surface area contributed by atoms with Gasteiger partial charge in [-0.2, -0.15) is 0 Å². The van der Waals surface area contributed by atoms with Crippen molar-refractivity contribution in [2.45, 2.75) is 4.90 Å². The lowest BCUT2D eigenvalue weighted by Gasteiger charge is -2.29. The van der Waals surface area contributed by atoms with Crippen molar-refractivity contribution in [3.8, 4) is 0 Å². The van der Waals surface area contributed by atoms with Crippen LogP contribution in [0.4, 0.5) is 5.13 Å². The molecule has 1 aromatic carbocycles. The van der Waals surface area contributed by atoms with E-state index in [1.165, 1.54) is 22.5 Å². The van der Waals surface area contributed by atoms with Crippen LogP contribution in [0.5, 0.6) is 0 Å². The molecular weight excluding hydrogens is 398 g/mol. The molecule has 0 bridgehead atoms. The number of thiazole rings is 1. The van der Waals surface area contributed by atoms with Gasteiger partial charge in [-0.15, -0.1) is 11.8 Å². The number of hydrogen-bond donors (Lipinski definition) is 0. The largest absolute Gasteiger partial charge is 0.494 e. The summed E-state index contributed by atoms with van der Waals surface area (Å²) in [4.78, 5) is 23.0. The van der Waals surface area contributed by atoms with Gasteiger partial charge in [0, 0.05) is 31.1 Å². The summed E-state index contributed by atoms with van der Waals surface area (Å²) in [5.74, 6) is 0.0226. The summed E-state index contributed by atoms with van der Waals surface area (Å²) in [6.45, 7) is 5.35. The number of fused-ring (bicyclic) bond motifs is 1. The van der Waals surface area contributed by atoms with E-state index in [0.717, 1.165) is 43.1 Å². The Labute approximate surface area is 172 Å². The normalized spacial score (nSPS) is 17.7. The van der Waals surface area contributed by atoms with E-state index in [-0.39, 0.29) is 11.7 Å². The monoisotopic (exact) mass is 421 g/mol. The number of carbonyl (C=O) groups excluding carboxylic acids is 1. The zero-order chi connectivity index (χ0) is 19.3. The number of thioether (sulfide) groups is 1. The molecule has 0 aliphatic carbocycles. The van der Waals surface area contributed by atoms with Gasteiger partial charge in [-0.1, -0.05) is 11.3 Å². The molecule has 1 fully saturated rings. The number of hydrogen-bond acceptors (Lipinski definition) is 8. The van der Waals surface area contributed by atoms with E-state index in [4.69, 9.17) is 19.2 Å². The molecule has 7 nitrogen and oxygen atoms in total. The van der Waals surface area contributed by atoms with E-state index in [9.17, 15) is 4.79 Å². The smallest absolute Gasteiger partial charge is 0.298 e. The highest BCUT2D eigenvalue weighted by Crippen LogP contribution is 2.32. The van der Waals surface area contributed by atoms with Crippen LogP contribution >= 0.6 is 23.1 Å². The van der Waals surface area contributed by atoms with E-state index < -0.39 is 0 Å². The number of carbonyl (C=O) groups is 1. The average molecular weight is 422 g/mol. The molecule has 0 radical (unpaired) electrons. The van der Waals surface area contributed by atoms with Gasteiger partial charge in [-0.3, -0.25) is 14.6 Å². The standard InChI is InChI=1S/C19H23N3O4S2/c1-27-14-2-3-15-17(12-14)28-19(20-15)22(5-4-21-6-8-24-9-7-21)18(23)16-13-25-10-11-26-16/h2-3,12-13H,4-11H2,1H3. The molecule has 0 atom stereocenters. The number of anilines is 1. The molecule has 150 valence electrons. The molecule has 0 N–H and O–H groups in total. The van der Waals surface area contributed by atoms with Crippen LogP contribution in [0, 0.1) is 0 Å². The number of aromatic nitrogens is 1. The van der Waals surface area contributed by atoms with Gasteiger partial charge in [-0.05, 0) is 24.5 Å². The summed E-state index contributed by atoms with van der Waals surface area (Å²) in [6.07, 6.45) is 3.46. The van der Waals surface area contributed by atoms with Crippen molar-refractivity contribution in [3.05, 3.63) is 30.2 Å². The predicted molar refractivity (Wildman–Crippen MR) is 111 cm³/mol. The lowest BCUT2D eigenvalue weighted by Crippen LogP contribution is -2.44. The maximum Gasteiger partial charge on any atom is 0.298 e. The third-order valence-corrected chi connectivity index (χ3v) is 6.43. The molecule has 1 aromatic heterocycles. The topological polar surface area (TPSA) is 64.1 Å². The van der Waals surface area contributed by atoms with Crippen LogP contribution in [0.25, 0.3) is 10.2 Å². The third-order valence-electron chi connectivity index (χ3n) is 4.66. The molecule has 9 heteroatoms. The quantitative estimate of drug-likeness (QED) is 0.664. The Morgan fingerprint density at radius 3 is 2.89 bits per heavy atom. The summed E-state index contributed by atoms with van der Waals surface area (Å²) in [7, 11) is 0. The number of benzene rings is 1. The first-order valence-electron chi connectivity index (χ1n) is 9.26. The summed E-state index contributed by atoms with van der Waals surface area (Å²) in [5, 5.41) is 0.682. The molecule has 28 heavy (non-hydrogen) atoms. The summed E-state index contributed by atoms with van der Waals surface area (Å²) < 4.78 is 17.3. The van der Waals surface area contributed by atoms with Crippen LogP contribution in [0.2, 0.25) is 0 Å². The van der Waals surface area contributed by atoms with Crippen molar-refractivity contribution in [2.24, 2.45) is 0 Å². The lowest BCUT2D eigenvalue weighted by molar-refractivity contribution is -0.119. The second kappa shape index (κ2) is 9.13. The van der Waals surface area contributed by atoms with Crippen LogP contribution in [-0.4, -0.2) is 74.7 Å². The fraction of sp³-hybridized carbons (Fsp3) is 0.474. The van der Waals surface area contributed by atoms with Gasteiger partial charge in [0.05, 0.1) is 23.4 Å². The van der Waals surface area contributed by atoms with E-state index >= 15 is 0 Å². The van der Waals surface area contributed by atoms with Gasteiger partial charge >= 0.3 is 0 Å². The Balaban J connectivity index is 1.59. The summed E-state index contributed by atoms with van der Waals surface area (Å²) >= 11 is 3.22. The second-order valence-electron chi connectivity index (χ2n) is 6.44. The van der Waals surface area contributed by atoms with Gasteiger partial charge in [0.15, 0.2) is 5.13 Å². The Bertz CT molecular complexity index is 864. The highest BCUT2D eigenvalue weighted by molar-refractivity contribution is 7.98. The maximum absolute atomic E-state index is 13.1. The molecule has 2 aliphatic rings. The van der Waals surface area contributed by atoms with Crippen molar-refractivity contribution >= 4 is 44.4 Å². The summed E-state index contributed by atoms with van der Waals surface area (Å²) in [5.41, 5.74) is 0.900. The van der Waals surface area contributed by atoms with Crippen molar-refractivity contribution < 1.29 is 19.0 Å². The lowest BCUT2D eigenvalue weighted by atomic mass is 10.3. The van der Waals surface area contributed by atoms with Crippen LogP contribution in [-0.2, 0) is 19.0 Å². The van der Waals surface area contributed by atoms with Gasteiger partial charge in [0.2, 0.25) is 5.76 Å². The fourth-order valence-corrected chi connectivity index (χ4v) is 4.64. The number of rotatable bonds is 6. The van der Waals surface area contributed by atoms with Crippen LogP contribution < -0.4 is 4.90 Å². The van der Waals surface area contributed by atoms with Crippen LogP contribution in [0.15, 0.2) is 35.1 Å². The number of morpholine rings is 1. The fourth-order valence-electron chi connectivity index (χ4n) is 3.10. The minimum atomic E-state index is -0.211. The molecular formula is C19H23N3O4S2. The molecule has 0 unspecified atom stereocenters. The van der Waals surface area contributed by atoms with E-state index in [1.54, 1.807) is 16.7 Å². The van der Waals surface area contributed by atoms with Gasteiger partial charge < -0.3 is 14.2 Å². The molecule has 2 aromatic rings. The highest BCUT2D eigenvalue weighted by atomic mass is 32.2. The Morgan fingerprint density at radius 1 is 1.29 bits per heavy atom. The van der Waals surface area contributed by atoms with Crippen molar-refractivity contribution in [2.75, 3.05) is 63.8 Å². The molecule has 1 saturated heterocycles. The van der Waals surface area contributed by atoms with Crippen molar-refractivity contribution in [1.29, 1.82) is 0 Å². The molecule has 4 rings (SSSR count). The Morgan fingerprint density at radius 2 is 2.14 bits per heavy atom. The minimum absolute atomic E-state index is 0.211. The van der Waals surface area contributed by atoms with Gasteiger partial charge in [-0.25, -0.2) is 4.98 Å². The highest BCUT2D eigenvalue weighted by Gasteiger charge is 2.27.